The van der Waals surface area contributed by atoms with Crippen LogP contribution in [0.15, 0.2) is 42.5 Å². The van der Waals surface area contributed by atoms with Crippen LogP contribution in [-0.4, -0.2) is 26.7 Å². The number of hydrogen-bond donors (Lipinski definition) is 1. The summed E-state index contributed by atoms with van der Waals surface area (Å²) in [6, 6.07) is 11.5. The number of nitrogens with one attached hydrogen (secondary N) is 1. The van der Waals surface area contributed by atoms with Gasteiger partial charge in [-0.05, 0) is 41.5 Å². The molecule has 0 aromatic heterocycles. The van der Waals surface area contributed by atoms with Crippen molar-refractivity contribution in [1.29, 1.82) is 0 Å². The van der Waals surface area contributed by atoms with Crippen LogP contribution in [0.3, 0.4) is 0 Å². The molecule has 0 saturated heterocycles. The Morgan fingerprint density at radius 2 is 2.08 bits per heavy atom. The molecule has 1 aliphatic heterocycles. The largest absolute Gasteiger partial charge is 0.497 e. The van der Waals surface area contributed by atoms with Crippen molar-refractivity contribution in [2.24, 2.45) is 0 Å². The van der Waals surface area contributed by atoms with Crippen LogP contribution in [0.4, 0.5) is 0 Å². The quantitative estimate of drug-likeness (QED) is 0.822. The molecule has 1 heterocycles. The maximum absolute atomic E-state index is 12.1. The molecular formula is C20H21NO4. The van der Waals surface area contributed by atoms with Crippen molar-refractivity contribution in [2.45, 2.75) is 13.0 Å². The molecule has 0 atom stereocenters. The molecule has 2 aromatic rings. The second-order valence-electron chi connectivity index (χ2n) is 5.69. The van der Waals surface area contributed by atoms with Crippen LogP contribution in [0.1, 0.15) is 16.7 Å². The maximum atomic E-state index is 12.1. The maximum Gasteiger partial charge on any atom is 0.244 e. The van der Waals surface area contributed by atoms with Crippen LogP contribution in [0.5, 0.6) is 17.2 Å². The first-order valence-electron chi connectivity index (χ1n) is 8.12. The highest BCUT2D eigenvalue weighted by atomic mass is 16.5. The Labute approximate surface area is 147 Å². The van der Waals surface area contributed by atoms with E-state index in [2.05, 4.69) is 11.4 Å². The highest BCUT2D eigenvalue weighted by molar-refractivity contribution is 5.91. The van der Waals surface area contributed by atoms with Crippen LogP contribution < -0.4 is 19.5 Å². The highest BCUT2D eigenvalue weighted by Crippen LogP contribution is 2.26. The Morgan fingerprint density at radius 1 is 1.20 bits per heavy atom. The van der Waals surface area contributed by atoms with Gasteiger partial charge >= 0.3 is 0 Å². The van der Waals surface area contributed by atoms with Gasteiger partial charge in [0.25, 0.3) is 0 Å². The van der Waals surface area contributed by atoms with Crippen LogP contribution >= 0.6 is 0 Å². The van der Waals surface area contributed by atoms with Crippen molar-refractivity contribution in [3.05, 3.63) is 59.2 Å². The second-order valence-corrected chi connectivity index (χ2v) is 5.69. The Kier molecular flexibility index (Phi) is 5.23. The van der Waals surface area contributed by atoms with Gasteiger partial charge in [0.2, 0.25) is 5.91 Å². The Hall–Kier alpha value is -2.95. The number of fused-ring (bicyclic) bond motifs is 1. The lowest BCUT2D eigenvalue weighted by molar-refractivity contribution is -0.116. The Balaban J connectivity index is 1.59. The van der Waals surface area contributed by atoms with Gasteiger partial charge in [0.15, 0.2) is 0 Å². The molecule has 5 heteroatoms. The van der Waals surface area contributed by atoms with Gasteiger partial charge in [0.1, 0.15) is 17.2 Å². The third-order valence-electron chi connectivity index (χ3n) is 4.09. The molecule has 0 radical (unpaired) electrons. The number of benzene rings is 2. The first-order valence-corrected chi connectivity index (χ1v) is 8.12. The second kappa shape index (κ2) is 7.75. The molecule has 0 bridgehead atoms. The smallest absolute Gasteiger partial charge is 0.244 e. The number of hydrogen-bond acceptors (Lipinski definition) is 4. The Morgan fingerprint density at radius 3 is 2.88 bits per heavy atom. The minimum absolute atomic E-state index is 0.158. The van der Waals surface area contributed by atoms with Gasteiger partial charge in [0, 0.05) is 30.7 Å². The van der Waals surface area contributed by atoms with E-state index in [1.165, 1.54) is 11.6 Å². The molecule has 0 fully saturated rings. The fourth-order valence-electron chi connectivity index (χ4n) is 2.72. The molecule has 3 rings (SSSR count). The molecule has 0 aliphatic carbocycles. The number of ether oxygens (including phenoxy) is 3. The van der Waals surface area contributed by atoms with Gasteiger partial charge in [0.05, 0.1) is 20.8 Å². The van der Waals surface area contributed by atoms with Crippen molar-refractivity contribution in [1.82, 2.24) is 5.32 Å². The van der Waals surface area contributed by atoms with Gasteiger partial charge < -0.3 is 19.5 Å². The minimum atomic E-state index is -0.158. The van der Waals surface area contributed by atoms with Crippen molar-refractivity contribution in [3.8, 4) is 17.2 Å². The molecular weight excluding hydrogens is 318 g/mol. The van der Waals surface area contributed by atoms with Crippen LogP contribution in [0.2, 0.25) is 0 Å². The summed E-state index contributed by atoms with van der Waals surface area (Å²) in [5.41, 5.74) is 3.06. The average molecular weight is 339 g/mol. The van der Waals surface area contributed by atoms with Crippen molar-refractivity contribution in [2.75, 3.05) is 20.8 Å². The van der Waals surface area contributed by atoms with Crippen LogP contribution in [0, 0.1) is 0 Å². The standard InChI is InChI=1S/C20H21NO4/c1-23-17-6-5-16(19(12-17)24-2)13-21-20(22)8-4-14-3-7-18-15(11-14)9-10-25-18/h3-8,11-12H,9-10,13H2,1-2H3,(H,21,22)/b8-4+. The van der Waals surface area contributed by atoms with Gasteiger partial charge in [-0.1, -0.05) is 6.07 Å². The van der Waals surface area contributed by atoms with E-state index in [0.29, 0.717) is 18.0 Å². The molecule has 25 heavy (non-hydrogen) atoms. The van der Waals surface area contributed by atoms with Crippen LogP contribution in [-0.2, 0) is 17.8 Å². The topological polar surface area (TPSA) is 56.8 Å². The molecule has 1 N–H and O–H groups in total. The third kappa shape index (κ3) is 4.12. The van der Waals surface area contributed by atoms with E-state index >= 15 is 0 Å². The summed E-state index contributed by atoms with van der Waals surface area (Å²) in [6.07, 6.45) is 4.26. The first kappa shape index (κ1) is 16.9. The van der Waals surface area contributed by atoms with Crippen molar-refractivity contribution >= 4 is 12.0 Å². The molecule has 130 valence electrons. The molecule has 1 aliphatic rings. The monoisotopic (exact) mass is 339 g/mol. The molecule has 1 amide bonds. The van der Waals surface area contributed by atoms with Crippen LogP contribution in [0.25, 0.3) is 6.08 Å². The van der Waals surface area contributed by atoms with Gasteiger partial charge in [-0.15, -0.1) is 0 Å². The summed E-state index contributed by atoms with van der Waals surface area (Å²) in [5.74, 6) is 2.18. The SMILES string of the molecule is COc1ccc(CNC(=O)/C=C/c2ccc3c(c2)CCO3)c(OC)c1. The van der Waals surface area contributed by atoms with Crippen molar-refractivity contribution in [3.63, 3.8) is 0 Å². The predicted octanol–water partition coefficient (Wildman–Crippen LogP) is 2.97. The summed E-state index contributed by atoms with van der Waals surface area (Å²) < 4.78 is 16.0. The van der Waals surface area contributed by atoms with Crippen molar-refractivity contribution < 1.29 is 19.0 Å². The predicted molar refractivity (Wildman–Crippen MR) is 96.1 cm³/mol. The summed E-state index contributed by atoms with van der Waals surface area (Å²) in [5, 5.41) is 2.86. The van der Waals surface area contributed by atoms with E-state index in [9.17, 15) is 4.79 Å². The fourth-order valence-corrected chi connectivity index (χ4v) is 2.72. The lowest BCUT2D eigenvalue weighted by Gasteiger charge is -2.10. The Bertz CT molecular complexity index is 798. The average Bonchev–Trinajstić information content (AvgIpc) is 3.12. The number of amides is 1. The number of carbonyl (C=O) groups excluding carboxylic acids is 1. The van der Waals surface area contributed by atoms with E-state index < -0.39 is 0 Å². The molecule has 0 spiro atoms. The van der Waals surface area contributed by atoms with E-state index in [1.807, 2.05) is 24.3 Å². The molecule has 0 unspecified atom stereocenters. The van der Waals surface area contributed by atoms with Gasteiger partial charge in [-0.25, -0.2) is 0 Å². The molecule has 5 nitrogen and oxygen atoms in total. The summed E-state index contributed by atoms with van der Waals surface area (Å²) in [4.78, 5) is 12.1. The molecule has 0 saturated carbocycles. The van der Waals surface area contributed by atoms with Gasteiger partial charge in [-0.2, -0.15) is 0 Å². The summed E-state index contributed by atoms with van der Waals surface area (Å²) in [6.45, 7) is 1.11. The fraction of sp³-hybridized carbons (Fsp3) is 0.250. The number of methoxy groups -OCH3 is 2. The number of carbonyl (C=O) groups is 1. The summed E-state index contributed by atoms with van der Waals surface area (Å²) in [7, 11) is 3.20. The zero-order valence-corrected chi connectivity index (χ0v) is 14.4. The summed E-state index contributed by atoms with van der Waals surface area (Å²) >= 11 is 0. The van der Waals surface area contributed by atoms with E-state index in [4.69, 9.17) is 14.2 Å². The highest BCUT2D eigenvalue weighted by Gasteiger charge is 2.11. The zero-order valence-electron chi connectivity index (χ0n) is 14.4. The third-order valence-corrected chi connectivity index (χ3v) is 4.09. The molecule has 2 aromatic carbocycles. The lowest BCUT2D eigenvalue weighted by Crippen LogP contribution is -2.20. The first-order chi connectivity index (χ1) is 12.2. The van der Waals surface area contributed by atoms with Gasteiger partial charge in [-0.3, -0.25) is 4.79 Å². The zero-order chi connectivity index (χ0) is 17.6. The van der Waals surface area contributed by atoms with E-state index in [-0.39, 0.29) is 5.91 Å². The minimum Gasteiger partial charge on any atom is -0.497 e. The lowest BCUT2D eigenvalue weighted by atomic mass is 10.1. The van der Waals surface area contributed by atoms with E-state index in [0.717, 1.165) is 29.9 Å². The normalized spacial score (nSPS) is 12.6. The number of rotatable bonds is 6. The van der Waals surface area contributed by atoms with E-state index in [1.54, 1.807) is 26.4 Å².